The van der Waals surface area contributed by atoms with Crippen molar-refractivity contribution in [2.75, 3.05) is 32.7 Å². The van der Waals surface area contributed by atoms with E-state index in [0.717, 1.165) is 24.1 Å². The first-order valence-corrected chi connectivity index (χ1v) is 8.15. The Labute approximate surface area is 136 Å². The summed E-state index contributed by atoms with van der Waals surface area (Å²) in [5.41, 5.74) is 8.60. The van der Waals surface area contributed by atoms with Crippen LogP contribution in [0.2, 0.25) is 0 Å². The van der Waals surface area contributed by atoms with Crippen LogP contribution in [0.3, 0.4) is 0 Å². The smallest absolute Gasteiger partial charge is 0.251 e. The lowest BCUT2D eigenvalue weighted by Gasteiger charge is -2.33. The molecule has 0 spiro atoms. The van der Waals surface area contributed by atoms with Crippen LogP contribution in [0.1, 0.15) is 33.1 Å². The minimum Gasteiger partial charge on any atom is -0.402 e. The Balaban J connectivity index is 1.99. The molecule has 0 aromatic heterocycles. The van der Waals surface area contributed by atoms with Crippen LogP contribution in [0.25, 0.3) is 0 Å². The summed E-state index contributed by atoms with van der Waals surface area (Å²) in [6.45, 7) is 5.74. The first kappa shape index (κ1) is 17.8. The number of aliphatic imine (C=N–C) groups is 1. The summed E-state index contributed by atoms with van der Waals surface area (Å²) in [5.74, 6) is 0.0445. The van der Waals surface area contributed by atoms with Crippen LogP contribution in [0.15, 0.2) is 16.3 Å². The van der Waals surface area contributed by atoms with Crippen molar-refractivity contribution in [3.8, 4) is 0 Å². The van der Waals surface area contributed by atoms with Crippen molar-refractivity contribution in [1.82, 2.24) is 9.80 Å². The maximum atomic E-state index is 12.4. The molecule has 7 heteroatoms. The van der Waals surface area contributed by atoms with Gasteiger partial charge in [0.2, 0.25) is 5.91 Å². The Morgan fingerprint density at radius 1 is 1.30 bits per heavy atom. The quantitative estimate of drug-likeness (QED) is 0.857. The van der Waals surface area contributed by atoms with Crippen LogP contribution in [0.4, 0.5) is 8.78 Å². The number of rotatable bonds is 3. The number of halogens is 2. The highest BCUT2D eigenvalue weighted by atomic mass is 19.3. The summed E-state index contributed by atoms with van der Waals surface area (Å²) in [7, 11) is 0. The van der Waals surface area contributed by atoms with Crippen LogP contribution in [-0.4, -0.2) is 66.6 Å². The van der Waals surface area contributed by atoms with Gasteiger partial charge in [-0.2, -0.15) is 0 Å². The molecule has 2 aliphatic heterocycles. The van der Waals surface area contributed by atoms with Gasteiger partial charge in [0.15, 0.2) is 0 Å². The van der Waals surface area contributed by atoms with Crippen molar-refractivity contribution < 1.29 is 13.6 Å². The summed E-state index contributed by atoms with van der Waals surface area (Å²) in [5, 5.41) is 0. The average Bonchev–Trinajstić information content (AvgIpc) is 2.48. The predicted molar refractivity (Wildman–Crippen MR) is 86.7 cm³/mol. The van der Waals surface area contributed by atoms with Gasteiger partial charge in [0.25, 0.3) is 6.43 Å². The molecule has 2 rings (SSSR count). The van der Waals surface area contributed by atoms with Crippen LogP contribution in [0.5, 0.6) is 0 Å². The van der Waals surface area contributed by atoms with Gasteiger partial charge in [-0.05, 0) is 19.8 Å². The molecule has 0 atom stereocenters. The zero-order chi connectivity index (χ0) is 17.0. The summed E-state index contributed by atoms with van der Waals surface area (Å²) >= 11 is 0. The van der Waals surface area contributed by atoms with Gasteiger partial charge in [0, 0.05) is 56.5 Å². The maximum Gasteiger partial charge on any atom is 0.251 e. The normalized spacial score (nSPS) is 25.3. The second-order valence-electron chi connectivity index (χ2n) is 6.35. The fourth-order valence-corrected chi connectivity index (χ4v) is 3.16. The molecule has 2 fully saturated rings. The van der Waals surface area contributed by atoms with E-state index in [9.17, 15) is 13.6 Å². The lowest BCUT2D eigenvalue weighted by Crippen LogP contribution is -2.41. The van der Waals surface area contributed by atoms with Gasteiger partial charge in [0.05, 0.1) is 12.6 Å². The van der Waals surface area contributed by atoms with E-state index in [2.05, 4.69) is 0 Å². The molecule has 1 amide bonds. The number of nitrogens with zero attached hydrogens (tertiary/aromatic N) is 3. The number of allylic oxidation sites excluding steroid dienone is 1. The first-order chi connectivity index (χ1) is 10.9. The standard InChI is InChI=1S/C16H26F2N4O/c1-11(19)14-9-22(12(2)23)8-5-15(14)20-13-3-6-21(7-4-13)10-16(17)18/h13,16H,3-10,19H2,1-2H3. The molecule has 5 nitrogen and oxygen atoms in total. The molecule has 130 valence electrons. The number of piperidine rings is 2. The second kappa shape index (κ2) is 7.86. The van der Waals surface area contributed by atoms with Crippen molar-refractivity contribution in [3.05, 3.63) is 11.3 Å². The summed E-state index contributed by atoms with van der Waals surface area (Å²) in [4.78, 5) is 19.9. The van der Waals surface area contributed by atoms with Crippen LogP contribution in [0, 0.1) is 0 Å². The lowest BCUT2D eigenvalue weighted by molar-refractivity contribution is -0.128. The van der Waals surface area contributed by atoms with Crippen molar-refractivity contribution in [3.63, 3.8) is 0 Å². The Hall–Kier alpha value is -1.50. The first-order valence-electron chi connectivity index (χ1n) is 8.15. The van der Waals surface area contributed by atoms with Crippen molar-refractivity contribution >= 4 is 11.6 Å². The molecular weight excluding hydrogens is 302 g/mol. The van der Waals surface area contributed by atoms with E-state index < -0.39 is 6.43 Å². The number of nitrogens with two attached hydrogens (primary N) is 1. The van der Waals surface area contributed by atoms with E-state index in [1.807, 2.05) is 6.92 Å². The van der Waals surface area contributed by atoms with Gasteiger partial charge in [-0.3, -0.25) is 14.7 Å². The third-order valence-electron chi connectivity index (χ3n) is 4.53. The van der Waals surface area contributed by atoms with Crippen LogP contribution >= 0.6 is 0 Å². The minimum atomic E-state index is -2.27. The van der Waals surface area contributed by atoms with Gasteiger partial charge in [-0.1, -0.05) is 0 Å². The third kappa shape index (κ3) is 4.99. The SMILES string of the molecule is CC(=O)N1CCC(=NC2CCN(CC(F)F)CC2)C(=C(C)N)C1. The Kier molecular flexibility index (Phi) is 6.10. The van der Waals surface area contributed by atoms with E-state index in [1.165, 1.54) is 0 Å². The Morgan fingerprint density at radius 2 is 1.96 bits per heavy atom. The van der Waals surface area contributed by atoms with E-state index in [-0.39, 0.29) is 18.5 Å². The Bertz CT molecular complexity index is 492. The van der Waals surface area contributed by atoms with Gasteiger partial charge in [-0.15, -0.1) is 0 Å². The molecule has 2 saturated heterocycles. The number of likely N-dealkylation sites (tertiary alicyclic amines) is 2. The number of hydrogen-bond donors (Lipinski definition) is 1. The minimum absolute atomic E-state index is 0.0445. The molecule has 0 aromatic rings. The molecule has 0 saturated carbocycles. The molecular formula is C16H26F2N4O. The highest BCUT2D eigenvalue weighted by Crippen LogP contribution is 2.20. The van der Waals surface area contributed by atoms with Gasteiger partial charge in [-0.25, -0.2) is 8.78 Å². The largest absolute Gasteiger partial charge is 0.402 e. The van der Waals surface area contributed by atoms with Gasteiger partial charge in [0.1, 0.15) is 0 Å². The monoisotopic (exact) mass is 328 g/mol. The van der Waals surface area contributed by atoms with Crippen LogP contribution < -0.4 is 5.73 Å². The average molecular weight is 328 g/mol. The summed E-state index contributed by atoms with van der Waals surface area (Å²) in [6, 6.07) is 0.164. The summed E-state index contributed by atoms with van der Waals surface area (Å²) in [6.07, 6.45) is 0.0246. The zero-order valence-corrected chi connectivity index (χ0v) is 13.9. The van der Waals surface area contributed by atoms with E-state index in [4.69, 9.17) is 10.7 Å². The second-order valence-corrected chi connectivity index (χ2v) is 6.35. The number of alkyl halides is 2. The van der Waals surface area contributed by atoms with Crippen molar-refractivity contribution in [1.29, 1.82) is 0 Å². The van der Waals surface area contributed by atoms with Gasteiger partial charge < -0.3 is 10.6 Å². The molecule has 0 unspecified atom stereocenters. The maximum absolute atomic E-state index is 12.4. The van der Waals surface area contributed by atoms with E-state index in [0.29, 0.717) is 38.3 Å². The fraction of sp³-hybridized carbons (Fsp3) is 0.750. The zero-order valence-electron chi connectivity index (χ0n) is 13.9. The molecule has 2 N–H and O–H groups in total. The number of carbonyl (C=O) groups is 1. The highest BCUT2D eigenvalue weighted by Gasteiger charge is 2.26. The molecule has 0 radical (unpaired) electrons. The van der Waals surface area contributed by atoms with Crippen molar-refractivity contribution in [2.24, 2.45) is 10.7 Å². The predicted octanol–water partition coefficient (Wildman–Crippen LogP) is 1.64. The highest BCUT2D eigenvalue weighted by molar-refractivity contribution is 6.02. The Morgan fingerprint density at radius 3 is 2.48 bits per heavy atom. The summed E-state index contributed by atoms with van der Waals surface area (Å²) < 4.78 is 24.8. The van der Waals surface area contributed by atoms with E-state index >= 15 is 0 Å². The molecule has 2 aliphatic rings. The molecule has 0 aliphatic carbocycles. The number of hydrogen-bond acceptors (Lipinski definition) is 4. The fourth-order valence-electron chi connectivity index (χ4n) is 3.16. The third-order valence-corrected chi connectivity index (χ3v) is 4.53. The number of carbonyl (C=O) groups excluding carboxylic acids is 1. The molecule has 2 heterocycles. The topological polar surface area (TPSA) is 61.9 Å². The molecule has 0 aromatic carbocycles. The molecule has 0 bridgehead atoms. The molecule has 23 heavy (non-hydrogen) atoms. The lowest BCUT2D eigenvalue weighted by atomic mass is 9.98. The van der Waals surface area contributed by atoms with Crippen LogP contribution in [-0.2, 0) is 4.79 Å². The van der Waals surface area contributed by atoms with Gasteiger partial charge >= 0.3 is 0 Å². The van der Waals surface area contributed by atoms with Crippen molar-refractivity contribution in [2.45, 2.75) is 45.6 Å². The number of amides is 1. The van der Waals surface area contributed by atoms with E-state index in [1.54, 1.807) is 16.7 Å².